The van der Waals surface area contributed by atoms with Gasteiger partial charge in [0.05, 0.1) is 5.69 Å². The van der Waals surface area contributed by atoms with Crippen molar-refractivity contribution in [3.05, 3.63) is 82.3 Å². The SMILES string of the molecule is Cc1nc2nc[nH]n2c(=O)c1CCC(=O)Nc1ccc(Oc2ccc(F)cc2)cc1. The summed E-state index contributed by atoms with van der Waals surface area (Å²) < 4.78 is 19.8. The topological polar surface area (TPSA) is 101 Å². The molecule has 30 heavy (non-hydrogen) atoms. The van der Waals surface area contributed by atoms with Crippen LogP contribution in [0.4, 0.5) is 10.1 Å². The number of hydrogen-bond acceptors (Lipinski definition) is 5. The number of fused-ring (bicyclic) bond motifs is 1. The molecule has 4 aromatic rings. The van der Waals surface area contributed by atoms with E-state index in [0.717, 1.165) is 0 Å². The molecule has 2 aromatic heterocycles. The zero-order valence-electron chi connectivity index (χ0n) is 16.1. The maximum Gasteiger partial charge on any atom is 0.277 e. The quantitative estimate of drug-likeness (QED) is 0.511. The van der Waals surface area contributed by atoms with Crippen LogP contribution in [-0.4, -0.2) is 25.5 Å². The summed E-state index contributed by atoms with van der Waals surface area (Å²) in [6.07, 6.45) is 1.78. The van der Waals surface area contributed by atoms with Crippen LogP contribution in [0.2, 0.25) is 0 Å². The fourth-order valence-corrected chi connectivity index (χ4v) is 2.99. The van der Waals surface area contributed by atoms with Crippen LogP contribution in [-0.2, 0) is 11.2 Å². The van der Waals surface area contributed by atoms with Crippen LogP contribution in [0.1, 0.15) is 17.7 Å². The van der Waals surface area contributed by atoms with Crippen LogP contribution >= 0.6 is 0 Å². The molecule has 152 valence electrons. The Kier molecular flexibility index (Phi) is 5.25. The molecule has 1 amide bonds. The van der Waals surface area contributed by atoms with Gasteiger partial charge in [0.2, 0.25) is 5.91 Å². The second-order valence-electron chi connectivity index (χ2n) is 6.63. The first-order valence-corrected chi connectivity index (χ1v) is 9.24. The molecule has 0 saturated heterocycles. The van der Waals surface area contributed by atoms with Gasteiger partial charge in [-0.1, -0.05) is 0 Å². The fourth-order valence-electron chi connectivity index (χ4n) is 2.99. The van der Waals surface area contributed by atoms with Gasteiger partial charge in [-0.25, -0.2) is 14.4 Å². The number of hydrogen-bond donors (Lipinski definition) is 2. The van der Waals surface area contributed by atoms with Crippen molar-refractivity contribution in [2.75, 3.05) is 5.32 Å². The Labute approximate surface area is 170 Å². The predicted octanol–water partition coefficient (Wildman–Crippen LogP) is 3.23. The number of carbonyl (C=O) groups is 1. The standard InChI is InChI=1S/C21H18FN5O3/c1-13-18(20(29)27-21(25-13)23-12-24-27)10-11-19(28)26-15-4-8-17(9-5-15)30-16-6-2-14(22)3-7-16/h2-9,12H,10-11H2,1H3,(H,26,28)(H,23,24,25). The van der Waals surface area contributed by atoms with Crippen LogP contribution in [0.3, 0.4) is 0 Å². The van der Waals surface area contributed by atoms with Gasteiger partial charge in [0.1, 0.15) is 23.6 Å². The second-order valence-corrected chi connectivity index (χ2v) is 6.63. The number of aromatic nitrogens is 4. The number of rotatable bonds is 6. The van der Waals surface area contributed by atoms with E-state index in [1.807, 2.05) is 0 Å². The van der Waals surface area contributed by atoms with E-state index in [4.69, 9.17) is 4.74 Å². The Balaban J connectivity index is 1.36. The van der Waals surface area contributed by atoms with Gasteiger partial charge in [0.25, 0.3) is 11.3 Å². The summed E-state index contributed by atoms with van der Waals surface area (Å²) in [4.78, 5) is 33.0. The third kappa shape index (κ3) is 4.19. The van der Waals surface area contributed by atoms with Crippen LogP contribution < -0.4 is 15.6 Å². The summed E-state index contributed by atoms with van der Waals surface area (Å²) in [6, 6.07) is 12.5. The van der Waals surface area contributed by atoms with E-state index in [2.05, 4.69) is 20.4 Å². The van der Waals surface area contributed by atoms with Crippen molar-refractivity contribution in [2.24, 2.45) is 0 Å². The molecule has 2 heterocycles. The molecular weight excluding hydrogens is 389 g/mol. The van der Waals surface area contributed by atoms with Crippen LogP contribution in [0.25, 0.3) is 5.78 Å². The average molecular weight is 407 g/mol. The lowest BCUT2D eigenvalue weighted by atomic mass is 10.1. The van der Waals surface area contributed by atoms with Crippen molar-refractivity contribution in [3.63, 3.8) is 0 Å². The highest BCUT2D eigenvalue weighted by molar-refractivity contribution is 5.90. The van der Waals surface area contributed by atoms with Gasteiger partial charge in [-0.05, 0) is 61.9 Å². The van der Waals surface area contributed by atoms with E-state index in [-0.39, 0.29) is 30.1 Å². The molecule has 0 aliphatic heterocycles. The minimum atomic E-state index is -0.335. The number of aromatic amines is 1. The van der Waals surface area contributed by atoms with Gasteiger partial charge in [0, 0.05) is 17.7 Å². The first-order chi connectivity index (χ1) is 14.5. The molecule has 0 radical (unpaired) electrons. The second kappa shape index (κ2) is 8.16. The van der Waals surface area contributed by atoms with E-state index in [1.165, 1.54) is 35.1 Å². The van der Waals surface area contributed by atoms with E-state index in [0.29, 0.717) is 34.2 Å². The Morgan fingerprint density at radius 1 is 1.13 bits per heavy atom. The minimum absolute atomic E-state index is 0.131. The minimum Gasteiger partial charge on any atom is -0.457 e. The van der Waals surface area contributed by atoms with Gasteiger partial charge in [-0.3, -0.25) is 14.7 Å². The van der Waals surface area contributed by atoms with E-state index < -0.39 is 0 Å². The smallest absolute Gasteiger partial charge is 0.277 e. The molecular formula is C21H18FN5O3. The van der Waals surface area contributed by atoms with Gasteiger partial charge in [-0.15, -0.1) is 0 Å². The first-order valence-electron chi connectivity index (χ1n) is 9.24. The lowest BCUT2D eigenvalue weighted by Crippen LogP contribution is -2.23. The zero-order chi connectivity index (χ0) is 21.1. The van der Waals surface area contributed by atoms with Crippen molar-refractivity contribution in [1.29, 1.82) is 0 Å². The number of benzene rings is 2. The highest BCUT2D eigenvalue weighted by atomic mass is 19.1. The molecule has 0 unspecified atom stereocenters. The molecule has 0 spiro atoms. The maximum atomic E-state index is 12.9. The van der Waals surface area contributed by atoms with Gasteiger partial charge < -0.3 is 10.1 Å². The van der Waals surface area contributed by atoms with Crippen molar-refractivity contribution < 1.29 is 13.9 Å². The van der Waals surface area contributed by atoms with Gasteiger partial charge >= 0.3 is 0 Å². The van der Waals surface area contributed by atoms with Gasteiger partial charge in [-0.2, -0.15) is 4.52 Å². The van der Waals surface area contributed by atoms with Crippen molar-refractivity contribution in [2.45, 2.75) is 19.8 Å². The summed E-state index contributed by atoms with van der Waals surface area (Å²) in [7, 11) is 0. The first kappa shape index (κ1) is 19.3. The van der Waals surface area contributed by atoms with Gasteiger partial charge in [0.15, 0.2) is 0 Å². The molecule has 0 atom stereocenters. The summed E-state index contributed by atoms with van der Waals surface area (Å²) in [5.74, 6) is 0.808. The molecule has 0 aliphatic rings. The number of anilines is 1. The number of nitrogens with zero attached hydrogens (tertiary/aromatic N) is 3. The van der Waals surface area contributed by atoms with Crippen molar-refractivity contribution in [3.8, 4) is 11.5 Å². The molecule has 0 saturated carbocycles. The highest BCUT2D eigenvalue weighted by Gasteiger charge is 2.13. The molecule has 0 fully saturated rings. The molecule has 9 heteroatoms. The number of amides is 1. The lowest BCUT2D eigenvalue weighted by molar-refractivity contribution is -0.116. The number of ether oxygens (including phenoxy) is 1. The van der Waals surface area contributed by atoms with E-state index in [9.17, 15) is 14.0 Å². The number of aryl methyl sites for hydroxylation is 1. The average Bonchev–Trinajstić information content (AvgIpc) is 3.19. The van der Waals surface area contributed by atoms with E-state index >= 15 is 0 Å². The normalized spacial score (nSPS) is 10.9. The maximum absolute atomic E-state index is 12.9. The fraction of sp³-hybridized carbons (Fsp3) is 0.143. The summed E-state index contributed by atoms with van der Waals surface area (Å²) in [5.41, 5.74) is 1.37. The Morgan fingerprint density at radius 3 is 2.50 bits per heavy atom. The van der Waals surface area contributed by atoms with Crippen LogP contribution in [0, 0.1) is 12.7 Å². The van der Waals surface area contributed by atoms with E-state index in [1.54, 1.807) is 31.2 Å². The number of H-pyrrole nitrogens is 1. The molecule has 2 N–H and O–H groups in total. The molecule has 0 bridgehead atoms. The Bertz CT molecular complexity index is 1250. The largest absolute Gasteiger partial charge is 0.457 e. The zero-order valence-corrected chi connectivity index (χ0v) is 16.1. The summed E-state index contributed by atoms with van der Waals surface area (Å²) in [5, 5.41) is 5.50. The number of carbonyl (C=O) groups excluding carboxylic acids is 1. The summed E-state index contributed by atoms with van der Waals surface area (Å²) in [6.45, 7) is 1.73. The third-order valence-electron chi connectivity index (χ3n) is 4.52. The van der Waals surface area contributed by atoms with Crippen molar-refractivity contribution in [1.82, 2.24) is 19.6 Å². The highest BCUT2D eigenvalue weighted by Crippen LogP contribution is 2.23. The number of nitrogens with one attached hydrogen (secondary N) is 2. The predicted molar refractivity (Wildman–Crippen MR) is 108 cm³/mol. The molecule has 8 nitrogen and oxygen atoms in total. The Hall–Kier alpha value is -4.01. The Morgan fingerprint density at radius 2 is 1.80 bits per heavy atom. The van der Waals surface area contributed by atoms with Crippen LogP contribution in [0.5, 0.6) is 11.5 Å². The number of halogens is 1. The lowest BCUT2D eigenvalue weighted by Gasteiger charge is -2.09. The molecule has 4 rings (SSSR count). The summed E-state index contributed by atoms with van der Waals surface area (Å²) >= 11 is 0. The third-order valence-corrected chi connectivity index (χ3v) is 4.52. The van der Waals surface area contributed by atoms with Crippen molar-refractivity contribution >= 4 is 17.4 Å². The molecule has 2 aromatic carbocycles. The molecule has 0 aliphatic carbocycles. The monoisotopic (exact) mass is 407 g/mol. The van der Waals surface area contributed by atoms with Crippen LogP contribution in [0.15, 0.2) is 59.7 Å².